The first-order valence-corrected chi connectivity index (χ1v) is 12.0. The summed E-state index contributed by atoms with van der Waals surface area (Å²) in [5.74, 6) is 0. The van der Waals surface area contributed by atoms with Gasteiger partial charge in [-0.15, -0.1) is 0 Å². The summed E-state index contributed by atoms with van der Waals surface area (Å²) in [4.78, 5) is 15.3. The van der Waals surface area contributed by atoms with E-state index in [0.29, 0.717) is 28.8 Å². The predicted molar refractivity (Wildman–Crippen MR) is 133 cm³/mol. The Morgan fingerprint density at radius 3 is 2.50 bits per heavy atom. The minimum absolute atomic E-state index is 0.147. The number of aromatic nitrogens is 1. The molecule has 32 heavy (non-hydrogen) atoms. The molecule has 0 spiro atoms. The van der Waals surface area contributed by atoms with Crippen molar-refractivity contribution in [3.05, 3.63) is 87.1 Å². The number of nitrogens with one attached hydrogen (secondary N) is 1. The zero-order valence-corrected chi connectivity index (χ0v) is 20.0. The van der Waals surface area contributed by atoms with Gasteiger partial charge >= 0.3 is 6.03 Å². The molecule has 0 aliphatic heterocycles. The van der Waals surface area contributed by atoms with Crippen LogP contribution in [0.5, 0.6) is 0 Å². The van der Waals surface area contributed by atoms with Crippen LogP contribution in [0, 0.1) is 0 Å². The molecule has 7 heteroatoms. The van der Waals surface area contributed by atoms with Gasteiger partial charge in [-0.25, -0.2) is 4.79 Å². The average Bonchev–Trinajstić information content (AvgIpc) is 3.23. The molecule has 1 saturated carbocycles. The van der Waals surface area contributed by atoms with Crippen LogP contribution >= 0.6 is 34.8 Å². The monoisotopic (exact) mass is 489 g/mol. The lowest BCUT2D eigenvalue weighted by atomic mass is 9.94. The van der Waals surface area contributed by atoms with Gasteiger partial charge in [0, 0.05) is 34.5 Å². The normalized spacial score (nSPS) is 14.3. The maximum atomic E-state index is 13.4. The van der Waals surface area contributed by atoms with Gasteiger partial charge in [-0.2, -0.15) is 0 Å². The maximum absolute atomic E-state index is 13.4. The summed E-state index contributed by atoms with van der Waals surface area (Å²) < 4.78 is 2.15. The molecule has 1 aromatic heterocycles. The first kappa shape index (κ1) is 23.0. The Bertz CT molecular complexity index is 1080. The quantitative estimate of drug-likeness (QED) is 0.375. The molecule has 0 radical (unpaired) electrons. The number of carbonyl (C=O) groups is 1. The Morgan fingerprint density at radius 2 is 1.75 bits per heavy atom. The number of anilines is 1. The Kier molecular flexibility index (Phi) is 7.67. The van der Waals surface area contributed by atoms with E-state index in [1.807, 2.05) is 41.4 Å². The van der Waals surface area contributed by atoms with Crippen molar-refractivity contribution in [3.8, 4) is 0 Å². The largest absolute Gasteiger partial charge is 0.345 e. The van der Waals surface area contributed by atoms with E-state index in [0.717, 1.165) is 42.0 Å². The third-order valence-electron chi connectivity index (χ3n) is 6.00. The second-order valence-corrected chi connectivity index (χ2v) is 9.44. The van der Waals surface area contributed by atoms with Crippen molar-refractivity contribution < 1.29 is 4.79 Å². The highest BCUT2D eigenvalue weighted by molar-refractivity contribution is 6.36. The molecule has 2 amide bonds. The lowest BCUT2D eigenvalue weighted by molar-refractivity contribution is 0.161. The van der Waals surface area contributed by atoms with Gasteiger partial charge in [-0.3, -0.25) is 0 Å². The number of nitrogens with zero attached hydrogens (tertiary/aromatic N) is 2. The molecule has 1 heterocycles. The van der Waals surface area contributed by atoms with Crippen molar-refractivity contribution in [2.45, 2.75) is 51.2 Å². The molecule has 1 fully saturated rings. The van der Waals surface area contributed by atoms with Crippen molar-refractivity contribution in [2.24, 2.45) is 0 Å². The number of benzene rings is 2. The lowest BCUT2D eigenvalue weighted by Gasteiger charge is -2.34. The average molecular weight is 491 g/mol. The molecule has 4 nitrogen and oxygen atoms in total. The topological polar surface area (TPSA) is 37.3 Å². The van der Waals surface area contributed by atoms with E-state index in [4.69, 9.17) is 34.8 Å². The second kappa shape index (κ2) is 10.7. The highest BCUT2D eigenvalue weighted by atomic mass is 35.5. The van der Waals surface area contributed by atoms with E-state index < -0.39 is 0 Å². The third-order valence-corrected chi connectivity index (χ3v) is 6.92. The molecule has 3 aromatic rings. The minimum Gasteiger partial charge on any atom is -0.345 e. The molecular formula is C25H26Cl3N3O. The molecule has 0 atom stereocenters. The fourth-order valence-corrected chi connectivity index (χ4v) is 4.92. The lowest BCUT2D eigenvalue weighted by Crippen LogP contribution is -2.43. The van der Waals surface area contributed by atoms with Crippen LogP contribution in [0.2, 0.25) is 15.1 Å². The number of amides is 2. The summed E-state index contributed by atoms with van der Waals surface area (Å²) in [6.07, 6.45) is 7.54. The van der Waals surface area contributed by atoms with E-state index in [1.54, 1.807) is 18.2 Å². The molecule has 4 rings (SSSR count). The Labute approximate surface area is 204 Å². The van der Waals surface area contributed by atoms with Gasteiger partial charge in [-0.05, 0) is 54.8 Å². The molecule has 1 aliphatic rings. The van der Waals surface area contributed by atoms with E-state index in [1.165, 1.54) is 6.42 Å². The molecule has 0 saturated heterocycles. The summed E-state index contributed by atoms with van der Waals surface area (Å²) >= 11 is 18.7. The van der Waals surface area contributed by atoms with Crippen molar-refractivity contribution in [1.82, 2.24) is 9.47 Å². The number of halogens is 3. The highest BCUT2D eigenvalue weighted by Crippen LogP contribution is 2.29. The smallest absolute Gasteiger partial charge is 0.322 e. The van der Waals surface area contributed by atoms with Crippen LogP contribution in [-0.4, -0.2) is 21.5 Å². The molecule has 168 valence electrons. The van der Waals surface area contributed by atoms with E-state index in [2.05, 4.69) is 16.0 Å². The number of hydrogen-bond donors (Lipinski definition) is 1. The molecule has 1 N–H and O–H groups in total. The van der Waals surface area contributed by atoms with Crippen molar-refractivity contribution in [1.29, 1.82) is 0 Å². The van der Waals surface area contributed by atoms with Gasteiger partial charge in [0.2, 0.25) is 0 Å². The zero-order chi connectivity index (χ0) is 22.5. The fourth-order valence-electron chi connectivity index (χ4n) is 4.27. The second-order valence-electron chi connectivity index (χ2n) is 8.19. The SMILES string of the molecule is O=C(Nc1ccc(Cl)cc1Cl)N(Cc1cccn1Cc1ccccc1Cl)C1CCCCC1. The van der Waals surface area contributed by atoms with Crippen LogP contribution in [0.1, 0.15) is 43.4 Å². The maximum Gasteiger partial charge on any atom is 0.322 e. The van der Waals surface area contributed by atoms with Crippen molar-refractivity contribution in [3.63, 3.8) is 0 Å². The summed E-state index contributed by atoms with van der Waals surface area (Å²) in [6.45, 7) is 1.17. The summed E-state index contributed by atoms with van der Waals surface area (Å²) in [5.41, 5.74) is 2.68. The minimum atomic E-state index is -0.147. The van der Waals surface area contributed by atoms with Crippen LogP contribution in [0.3, 0.4) is 0 Å². The van der Waals surface area contributed by atoms with Crippen LogP contribution in [0.25, 0.3) is 0 Å². The summed E-state index contributed by atoms with van der Waals surface area (Å²) in [5, 5.41) is 4.70. The van der Waals surface area contributed by atoms with E-state index >= 15 is 0 Å². The molecule has 0 bridgehead atoms. The first-order valence-electron chi connectivity index (χ1n) is 10.9. The Hall–Kier alpha value is -2.14. The van der Waals surface area contributed by atoms with E-state index in [-0.39, 0.29) is 12.1 Å². The predicted octanol–water partition coefficient (Wildman–Crippen LogP) is 7.86. The molecule has 0 unspecified atom stereocenters. The van der Waals surface area contributed by atoms with Crippen molar-refractivity contribution >= 4 is 46.5 Å². The molecule has 1 aliphatic carbocycles. The molecule has 2 aromatic carbocycles. The number of rotatable bonds is 6. The molecular weight excluding hydrogens is 465 g/mol. The van der Waals surface area contributed by atoms with Crippen LogP contribution in [0.4, 0.5) is 10.5 Å². The van der Waals surface area contributed by atoms with E-state index in [9.17, 15) is 4.79 Å². The number of hydrogen-bond acceptors (Lipinski definition) is 1. The summed E-state index contributed by atoms with van der Waals surface area (Å²) in [7, 11) is 0. The van der Waals surface area contributed by atoms with Gasteiger partial charge in [-0.1, -0.05) is 72.3 Å². The zero-order valence-electron chi connectivity index (χ0n) is 17.7. The standard InChI is InChI=1S/C25H26Cl3N3O/c26-19-12-13-24(23(28)15-19)29-25(32)31(20-8-2-1-3-9-20)17-21-10-6-14-30(21)16-18-7-4-5-11-22(18)27/h4-7,10-15,20H,1-3,8-9,16-17H2,(H,29,32). The van der Waals surface area contributed by atoms with Gasteiger partial charge in [0.05, 0.1) is 17.3 Å². The Balaban J connectivity index is 1.56. The Morgan fingerprint density at radius 1 is 0.969 bits per heavy atom. The van der Waals surface area contributed by atoms with Crippen LogP contribution in [0.15, 0.2) is 60.8 Å². The first-order chi connectivity index (χ1) is 15.5. The van der Waals surface area contributed by atoms with Crippen LogP contribution < -0.4 is 5.32 Å². The number of carbonyl (C=O) groups excluding carboxylic acids is 1. The van der Waals surface area contributed by atoms with Gasteiger partial charge in [0.1, 0.15) is 0 Å². The fraction of sp³-hybridized carbons (Fsp3) is 0.320. The number of urea groups is 1. The van der Waals surface area contributed by atoms with Gasteiger partial charge < -0.3 is 14.8 Å². The highest BCUT2D eigenvalue weighted by Gasteiger charge is 2.27. The summed E-state index contributed by atoms with van der Waals surface area (Å²) in [6, 6.07) is 17.1. The third kappa shape index (κ3) is 5.61. The van der Waals surface area contributed by atoms with Crippen LogP contribution in [-0.2, 0) is 13.1 Å². The van der Waals surface area contributed by atoms with Gasteiger partial charge in [0.25, 0.3) is 0 Å². The van der Waals surface area contributed by atoms with Crippen molar-refractivity contribution in [2.75, 3.05) is 5.32 Å². The van der Waals surface area contributed by atoms with Gasteiger partial charge in [0.15, 0.2) is 0 Å².